The third-order valence-corrected chi connectivity index (χ3v) is 5.00. The van der Waals surface area contributed by atoms with E-state index < -0.39 is 11.7 Å². The van der Waals surface area contributed by atoms with Gasteiger partial charge in [-0.2, -0.15) is 13.2 Å². The molecule has 2 aromatic carbocycles. The molecule has 21 heavy (non-hydrogen) atoms. The third kappa shape index (κ3) is 3.69. The average molecular weight is 422 g/mol. The van der Waals surface area contributed by atoms with Crippen molar-refractivity contribution in [3.63, 3.8) is 0 Å². The molecular formula is C16H13Br2F3. The summed E-state index contributed by atoms with van der Waals surface area (Å²) in [6.45, 7) is 3.94. The first-order valence-electron chi connectivity index (χ1n) is 6.28. The lowest BCUT2D eigenvalue weighted by atomic mass is 9.97. The number of rotatable bonds is 2. The molecule has 0 N–H and O–H groups in total. The van der Waals surface area contributed by atoms with Crippen molar-refractivity contribution in [1.29, 1.82) is 0 Å². The lowest BCUT2D eigenvalue weighted by Crippen LogP contribution is -2.07. The van der Waals surface area contributed by atoms with E-state index in [9.17, 15) is 13.2 Å². The van der Waals surface area contributed by atoms with Crippen molar-refractivity contribution >= 4 is 31.9 Å². The first-order valence-corrected chi connectivity index (χ1v) is 7.99. The maximum Gasteiger partial charge on any atom is 0.416 e. The summed E-state index contributed by atoms with van der Waals surface area (Å²) in [4.78, 5) is -0.297. The van der Waals surface area contributed by atoms with Crippen LogP contribution in [0.2, 0.25) is 0 Å². The number of hydrogen-bond acceptors (Lipinski definition) is 0. The van der Waals surface area contributed by atoms with E-state index in [0.29, 0.717) is 10.0 Å². The van der Waals surface area contributed by atoms with Gasteiger partial charge in [-0.3, -0.25) is 0 Å². The van der Waals surface area contributed by atoms with Gasteiger partial charge in [-0.1, -0.05) is 55.6 Å². The van der Waals surface area contributed by atoms with E-state index in [1.165, 1.54) is 12.1 Å². The van der Waals surface area contributed by atoms with Crippen molar-refractivity contribution in [1.82, 2.24) is 0 Å². The van der Waals surface area contributed by atoms with Gasteiger partial charge >= 0.3 is 6.18 Å². The Morgan fingerprint density at radius 1 is 0.952 bits per heavy atom. The molecule has 0 amide bonds. The van der Waals surface area contributed by atoms with Crippen molar-refractivity contribution in [2.75, 3.05) is 0 Å². The second-order valence-corrected chi connectivity index (χ2v) is 6.73. The molecule has 0 aliphatic rings. The van der Waals surface area contributed by atoms with Crippen LogP contribution in [0.25, 0.3) is 0 Å². The Bertz CT molecular complexity index is 663. The molecule has 2 rings (SSSR count). The Hall–Kier alpha value is -0.810. The highest BCUT2D eigenvalue weighted by molar-refractivity contribution is 9.11. The summed E-state index contributed by atoms with van der Waals surface area (Å²) < 4.78 is 39.3. The van der Waals surface area contributed by atoms with E-state index in [2.05, 4.69) is 31.9 Å². The molecule has 0 aliphatic carbocycles. The molecule has 0 aromatic heterocycles. The maximum atomic E-state index is 12.9. The highest BCUT2D eigenvalue weighted by atomic mass is 79.9. The smallest absolute Gasteiger partial charge is 0.166 e. The molecule has 0 heterocycles. The first kappa shape index (κ1) is 16.6. The standard InChI is InChI=1S/C16H13Br2F3/c1-9-3-5-12(10(2)7-9)15(18)13-8-11(16(19,20)21)4-6-14(13)17/h3-8,15H,1-2H3. The van der Waals surface area contributed by atoms with Gasteiger partial charge in [0, 0.05) is 4.47 Å². The van der Waals surface area contributed by atoms with Gasteiger partial charge in [0.2, 0.25) is 0 Å². The summed E-state index contributed by atoms with van der Waals surface area (Å²) in [7, 11) is 0. The van der Waals surface area contributed by atoms with Gasteiger partial charge in [0.1, 0.15) is 0 Å². The van der Waals surface area contributed by atoms with Crippen LogP contribution in [0.4, 0.5) is 13.2 Å². The summed E-state index contributed by atoms with van der Waals surface area (Å²) in [6.07, 6.45) is -4.34. The molecule has 0 fully saturated rings. The Kier molecular flexibility index (Phi) is 4.83. The third-order valence-electron chi connectivity index (χ3n) is 3.29. The van der Waals surface area contributed by atoms with E-state index in [1.807, 2.05) is 32.0 Å². The molecule has 0 nitrogen and oxygen atoms in total. The molecule has 0 spiro atoms. The van der Waals surface area contributed by atoms with Crippen LogP contribution in [0, 0.1) is 13.8 Å². The maximum absolute atomic E-state index is 12.9. The molecule has 112 valence electrons. The van der Waals surface area contributed by atoms with Crippen LogP contribution in [-0.2, 0) is 6.18 Å². The van der Waals surface area contributed by atoms with Crippen LogP contribution in [0.15, 0.2) is 40.9 Å². The summed E-state index contributed by atoms with van der Waals surface area (Å²) in [6, 6.07) is 9.62. The Labute approximate surface area is 138 Å². The largest absolute Gasteiger partial charge is 0.416 e. The lowest BCUT2D eigenvalue weighted by Gasteiger charge is -2.17. The highest BCUT2D eigenvalue weighted by Gasteiger charge is 2.31. The SMILES string of the molecule is Cc1ccc(C(Br)c2cc(C(F)(F)F)ccc2Br)c(C)c1. The number of hydrogen-bond donors (Lipinski definition) is 0. The molecule has 0 saturated heterocycles. The summed E-state index contributed by atoms with van der Waals surface area (Å²) in [5, 5.41) is 0. The van der Waals surface area contributed by atoms with E-state index in [1.54, 1.807) is 0 Å². The first-order chi connectivity index (χ1) is 9.70. The molecule has 0 bridgehead atoms. The second kappa shape index (κ2) is 6.13. The summed E-state index contributed by atoms with van der Waals surface area (Å²) >= 11 is 6.86. The van der Waals surface area contributed by atoms with Gasteiger partial charge in [0.05, 0.1) is 10.4 Å². The second-order valence-electron chi connectivity index (χ2n) is 4.96. The monoisotopic (exact) mass is 420 g/mol. The lowest BCUT2D eigenvalue weighted by molar-refractivity contribution is -0.137. The molecule has 2 aromatic rings. The average Bonchev–Trinajstić information content (AvgIpc) is 2.37. The fourth-order valence-electron chi connectivity index (χ4n) is 2.19. The summed E-state index contributed by atoms with van der Waals surface area (Å²) in [5.41, 5.74) is 3.05. The van der Waals surface area contributed by atoms with Crippen LogP contribution in [0.3, 0.4) is 0 Å². The van der Waals surface area contributed by atoms with Crippen molar-refractivity contribution < 1.29 is 13.2 Å². The van der Waals surface area contributed by atoms with Crippen LogP contribution in [0.1, 0.15) is 32.6 Å². The van der Waals surface area contributed by atoms with Crippen molar-refractivity contribution in [2.45, 2.75) is 24.9 Å². The van der Waals surface area contributed by atoms with E-state index in [-0.39, 0.29) is 4.83 Å². The van der Waals surface area contributed by atoms with Crippen molar-refractivity contribution in [3.8, 4) is 0 Å². The van der Waals surface area contributed by atoms with Crippen LogP contribution < -0.4 is 0 Å². The normalized spacial score (nSPS) is 13.3. The summed E-state index contributed by atoms with van der Waals surface area (Å²) in [5.74, 6) is 0. The molecule has 1 unspecified atom stereocenters. The van der Waals surface area contributed by atoms with Crippen LogP contribution in [-0.4, -0.2) is 0 Å². The zero-order valence-corrected chi connectivity index (χ0v) is 14.6. The molecule has 0 saturated carbocycles. The molecule has 1 atom stereocenters. The minimum absolute atomic E-state index is 0.297. The van der Waals surface area contributed by atoms with Crippen molar-refractivity contribution in [2.24, 2.45) is 0 Å². The fourth-order valence-corrected chi connectivity index (χ4v) is 3.87. The number of aryl methyl sites for hydroxylation is 2. The Morgan fingerprint density at radius 2 is 1.62 bits per heavy atom. The van der Waals surface area contributed by atoms with Gasteiger partial charge in [-0.05, 0) is 48.7 Å². The van der Waals surface area contributed by atoms with Crippen LogP contribution in [0.5, 0.6) is 0 Å². The molecule has 0 radical (unpaired) electrons. The van der Waals surface area contributed by atoms with Gasteiger partial charge in [-0.25, -0.2) is 0 Å². The fraction of sp³-hybridized carbons (Fsp3) is 0.250. The van der Waals surface area contributed by atoms with E-state index >= 15 is 0 Å². The number of alkyl halides is 4. The highest BCUT2D eigenvalue weighted by Crippen LogP contribution is 2.40. The van der Waals surface area contributed by atoms with Crippen molar-refractivity contribution in [3.05, 3.63) is 68.7 Å². The Morgan fingerprint density at radius 3 is 2.19 bits per heavy atom. The minimum atomic E-state index is -4.34. The molecule has 5 heteroatoms. The molecule has 0 aliphatic heterocycles. The van der Waals surface area contributed by atoms with Gasteiger partial charge in [0.25, 0.3) is 0 Å². The van der Waals surface area contributed by atoms with E-state index in [4.69, 9.17) is 0 Å². The number of halogens is 5. The predicted octanol–water partition coefficient (Wildman–Crippen LogP) is 6.57. The molecular weight excluding hydrogens is 409 g/mol. The van der Waals surface area contributed by atoms with E-state index in [0.717, 1.165) is 22.8 Å². The quantitative estimate of drug-likeness (QED) is 0.481. The zero-order chi connectivity index (χ0) is 15.8. The minimum Gasteiger partial charge on any atom is -0.166 e. The Balaban J connectivity index is 2.50. The topological polar surface area (TPSA) is 0 Å². The predicted molar refractivity (Wildman–Crippen MR) is 85.8 cm³/mol. The van der Waals surface area contributed by atoms with Gasteiger partial charge < -0.3 is 0 Å². The van der Waals surface area contributed by atoms with Gasteiger partial charge in [-0.15, -0.1) is 0 Å². The number of benzene rings is 2. The van der Waals surface area contributed by atoms with Crippen LogP contribution >= 0.6 is 31.9 Å². The zero-order valence-electron chi connectivity index (χ0n) is 11.4. The van der Waals surface area contributed by atoms with Gasteiger partial charge in [0.15, 0.2) is 0 Å².